The molecular formula is C11H22BrNO2. The van der Waals surface area contributed by atoms with E-state index in [4.69, 9.17) is 4.74 Å². The number of ether oxygens (including phenoxy) is 1. The van der Waals surface area contributed by atoms with Gasteiger partial charge in [-0.05, 0) is 34.1 Å². The molecule has 1 amide bonds. The van der Waals surface area contributed by atoms with Crippen molar-refractivity contribution in [1.29, 1.82) is 0 Å². The molecular weight excluding hydrogens is 258 g/mol. The summed E-state index contributed by atoms with van der Waals surface area (Å²) in [7, 11) is 0. The largest absolute Gasteiger partial charge is 0.444 e. The number of carbonyl (C=O) groups excluding carboxylic acids is 1. The van der Waals surface area contributed by atoms with Gasteiger partial charge in [0.15, 0.2) is 0 Å². The summed E-state index contributed by atoms with van der Waals surface area (Å²) in [6.45, 7) is 11.4. The van der Waals surface area contributed by atoms with Crippen molar-refractivity contribution in [2.45, 2.75) is 39.7 Å². The normalized spacial score (nSPS) is 9.67. The summed E-state index contributed by atoms with van der Waals surface area (Å²) in [4.78, 5) is 11.0. The maximum atomic E-state index is 11.0. The summed E-state index contributed by atoms with van der Waals surface area (Å²) in [6.07, 6.45) is 2.32. The van der Waals surface area contributed by atoms with Crippen molar-refractivity contribution >= 4 is 22.0 Å². The summed E-state index contributed by atoms with van der Waals surface area (Å²) in [5.74, 6) is 0. The van der Waals surface area contributed by atoms with E-state index in [0.717, 1.165) is 11.8 Å². The Hall–Kier alpha value is -0.510. The fourth-order valence-electron chi connectivity index (χ4n) is 0.571. The predicted octanol–water partition coefficient (Wildman–Crippen LogP) is 3.49. The van der Waals surface area contributed by atoms with Gasteiger partial charge in [-0.3, -0.25) is 0 Å². The van der Waals surface area contributed by atoms with Crippen LogP contribution >= 0.6 is 15.9 Å². The number of hydrogen-bond donors (Lipinski definition) is 1. The average Bonchev–Trinajstić information content (AvgIpc) is 2.02. The van der Waals surface area contributed by atoms with Gasteiger partial charge in [0, 0.05) is 11.9 Å². The SMILES string of the molecule is C=CC.CC(C)(C)OC(=O)NCCCBr. The van der Waals surface area contributed by atoms with Gasteiger partial charge in [-0.25, -0.2) is 4.79 Å². The fourth-order valence-corrected chi connectivity index (χ4v) is 0.852. The first-order valence-corrected chi connectivity index (χ1v) is 6.09. The van der Waals surface area contributed by atoms with Crippen molar-refractivity contribution in [3.05, 3.63) is 12.7 Å². The molecule has 4 heteroatoms. The summed E-state index contributed by atoms with van der Waals surface area (Å²) in [6, 6.07) is 0. The Kier molecular flexibility index (Phi) is 11.3. The molecule has 0 spiro atoms. The van der Waals surface area contributed by atoms with E-state index in [1.54, 1.807) is 6.08 Å². The zero-order valence-electron chi connectivity index (χ0n) is 10.1. The molecule has 0 aliphatic carbocycles. The Labute approximate surface area is 101 Å². The van der Waals surface area contributed by atoms with Crippen LogP contribution in [0.15, 0.2) is 12.7 Å². The number of amides is 1. The molecule has 0 heterocycles. The van der Waals surface area contributed by atoms with Gasteiger partial charge in [0.1, 0.15) is 5.60 Å². The monoisotopic (exact) mass is 279 g/mol. The lowest BCUT2D eigenvalue weighted by molar-refractivity contribution is 0.0528. The minimum Gasteiger partial charge on any atom is -0.444 e. The second kappa shape index (κ2) is 10.0. The van der Waals surface area contributed by atoms with Crippen LogP contribution in [0.3, 0.4) is 0 Å². The highest BCUT2D eigenvalue weighted by molar-refractivity contribution is 9.09. The molecule has 15 heavy (non-hydrogen) atoms. The van der Waals surface area contributed by atoms with Crippen LogP contribution < -0.4 is 5.32 Å². The molecule has 0 bridgehead atoms. The van der Waals surface area contributed by atoms with Gasteiger partial charge in [-0.15, -0.1) is 6.58 Å². The van der Waals surface area contributed by atoms with E-state index in [2.05, 4.69) is 27.8 Å². The third kappa shape index (κ3) is 19.8. The molecule has 0 aromatic rings. The van der Waals surface area contributed by atoms with Crippen LogP contribution in [0.2, 0.25) is 0 Å². The molecule has 0 atom stereocenters. The molecule has 0 unspecified atom stereocenters. The zero-order chi connectivity index (χ0) is 12.3. The highest BCUT2D eigenvalue weighted by Gasteiger charge is 2.14. The Morgan fingerprint density at radius 1 is 1.53 bits per heavy atom. The number of allylic oxidation sites excluding steroid dienone is 1. The summed E-state index contributed by atoms with van der Waals surface area (Å²) in [5, 5.41) is 3.54. The quantitative estimate of drug-likeness (QED) is 0.488. The topological polar surface area (TPSA) is 38.3 Å². The van der Waals surface area contributed by atoms with Crippen molar-refractivity contribution in [2.75, 3.05) is 11.9 Å². The number of halogens is 1. The Morgan fingerprint density at radius 3 is 2.33 bits per heavy atom. The lowest BCUT2D eigenvalue weighted by atomic mass is 10.2. The zero-order valence-corrected chi connectivity index (χ0v) is 11.7. The van der Waals surface area contributed by atoms with Gasteiger partial charge in [0.05, 0.1) is 0 Å². The second-order valence-electron chi connectivity index (χ2n) is 3.88. The van der Waals surface area contributed by atoms with Gasteiger partial charge in [-0.1, -0.05) is 22.0 Å². The molecule has 0 aliphatic heterocycles. The number of alkyl halides is 1. The molecule has 3 nitrogen and oxygen atoms in total. The second-order valence-corrected chi connectivity index (χ2v) is 4.67. The fraction of sp³-hybridized carbons (Fsp3) is 0.727. The number of carbonyl (C=O) groups is 1. The van der Waals surface area contributed by atoms with E-state index in [0.29, 0.717) is 6.54 Å². The van der Waals surface area contributed by atoms with Crippen LogP contribution in [0.4, 0.5) is 4.79 Å². The lowest BCUT2D eigenvalue weighted by Crippen LogP contribution is -2.33. The van der Waals surface area contributed by atoms with Crippen molar-refractivity contribution in [1.82, 2.24) is 5.32 Å². The Morgan fingerprint density at radius 2 is 2.00 bits per heavy atom. The summed E-state index contributed by atoms with van der Waals surface area (Å²) in [5.41, 5.74) is -0.404. The molecule has 1 N–H and O–H groups in total. The van der Waals surface area contributed by atoms with E-state index in [1.807, 2.05) is 27.7 Å². The van der Waals surface area contributed by atoms with Crippen LogP contribution in [-0.2, 0) is 4.74 Å². The first kappa shape index (κ1) is 16.9. The lowest BCUT2D eigenvalue weighted by Gasteiger charge is -2.19. The van der Waals surface area contributed by atoms with Crippen molar-refractivity contribution in [3.63, 3.8) is 0 Å². The van der Waals surface area contributed by atoms with Crippen LogP contribution in [0, 0.1) is 0 Å². The van der Waals surface area contributed by atoms with Gasteiger partial charge in [0.25, 0.3) is 0 Å². The van der Waals surface area contributed by atoms with Gasteiger partial charge >= 0.3 is 6.09 Å². The Bertz CT molecular complexity index is 176. The van der Waals surface area contributed by atoms with Crippen LogP contribution in [0.5, 0.6) is 0 Å². The molecule has 0 aliphatic rings. The smallest absolute Gasteiger partial charge is 0.407 e. The number of hydrogen-bond acceptors (Lipinski definition) is 2. The highest BCUT2D eigenvalue weighted by Crippen LogP contribution is 2.06. The first-order chi connectivity index (χ1) is 6.87. The molecule has 0 fully saturated rings. The summed E-state index contributed by atoms with van der Waals surface area (Å²) >= 11 is 3.27. The van der Waals surface area contributed by atoms with Crippen molar-refractivity contribution in [3.8, 4) is 0 Å². The van der Waals surface area contributed by atoms with E-state index in [9.17, 15) is 4.79 Å². The van der Waals surface area contributed by atoms with Gasteiger partial charge in [-0.2, -0.15) is 0 Å². The third-order valence-corrected chi connectivity index (χ3v) is 1.54. The van der Waals surface area contributed by atoms with Crippen molar-refractivity contribution < 1.29 is 9.53 Å². The molecule has 90 valence electrons. The predicted molar refractivity (Wildman–Crippen MR) is 68.5 cm³/mol. The standard InChI is InChI=1S/C8H16BrNO2.C3H6/c1-8(2,3)12-7(11)10-6-4-5-9;1-3-2/h4-6H2,1-3H3,(H,10,11);3H,1H2,2H3. The van der Waals surface area contributed by atoms with E-state index in [1.165, 1.54) is 0 Å². The molecule has 0 saturated carbocycles. The van der Waals surface area contributed by atoms with Crippen LogP contribution in [-0.4, -0.2) is 23.6 Å². The highest BCUT2D eigenvalue weighted by atomic mass is 79.9. The minimum atomic E-state index is -0.404. The van der Waals surface area contributed by atoms with Crippen molar-refractivity contribution in [2.24, 2.45) is 0 Å². The average molecular weight is 280 g/mol. The maximum absolute atomic E-state index is 11.0. The number of alkyl carbamates (subject to hydrolysis) is 1. The van der Waals surface area contributed by atoms with E-state index >= 15 is 0 Å². The first-order valence-electron chi connectivity index (χ1n) is 4.97. The van der Waals surface area contributed by atoms with Crippen LogP contribution in [0.25, 0.3) is 0 Å². The van der Waals surface area contributed by atoms with E-state index < -0.39 is 5.60 Å². The van der Waals surface area contributed by atoms with Gasteiger partial charge in [0.2, 0.25) is 0 Å². The van der Waals surface area contributed by atoms with Gasteiger partial charge < -0.3 is 10.1 Å². The third-order valence-electron chi connectivity index (χ3n) is 0.979. The molecule has 0 aromatic carbocycles. The molecule has 0 saturated heterocycles. The minimum absolute atomic E-state index is 0.344. The summed E-state index contributed by atoms with van der Waals surface area (Å²) < 4.78 is 5.02. The van der Waals surface area contributed by atoms with Crippen LogP contribution in [0.1, 0.15) is 34.1 Å². The number of nitrogens with one attached hydrogen (secondary N) is 1. The maximum Gasteiger partial charge on any atom is 0.407 e. The van der Waals surface area contributed by atoms with E-state index in [-0.39, 0.29) is 6.09 Å². The molecule has 0 aromatic heterocycles. The molecule has 0 rings (SSSR count). The Balaban J connectivity index is 0. The number of rotatable bonds is 3. The molecule has 0 radical (unpaired) electrons.